The summed E-state index contributed by atoms with van der Waals surface area (Å²) >= 11 is 5.98. The molecule has 1 unspecified atom stereocenters. The molecular weight excluding hydrogens is 350 g/mol. The van der Waals surface area contributed by atoms with Gasteiger partial charge in [0.25, 0.3) is 0 Å². The molecule has 0 radical (unpaired) electrons. The minimum absolute atomic E-state index is 0.331. The molecule has 0 aliphatic carbocycles. The maximum Gasteiger partial charge on any atom is 0.225 e. The molecule has 2 heterocycles. The molecule has 0 aliphatic rings. The monoisotopic (exact) mass is 365 g/mol. The molecule has 1 aromatic carbocycles. The molecule has 0 aliphatic heterocycles. The number of hydrogen-bond donors (Lipinski definition) is 1. The quantitative estimate of drug-likeness (QED) is 0.697. The fourth-order valence-electron chi connectivity index (χ4n) is 2.57. The second-order valence-corrected chi connectivity index (χ2v) is 6.09. The van der Waals surface area contributed by atoms with Crippen molar-refractivity contribution in [3.8, 4) is 17.7 Å². The Hall–Kier alpha value is -2.94. The van der Waals surface area contributed by atoms with Crippen LogP contribution in [0.3, 0.4) is 0 Å². The van der Waals surface area contributed by atoms with Gasteiger partial charge in [0.05, 0.1) is 11.7 Å². The molecule has 3 rings (SSSR count). The van der Waals surface area contributed by atoms with Crippen LogP contribution >= 0.6 is 11.6 Å². The number of hydrogen-bond acceptors (Lipinski definition) is 5. The number of aromatic nitrogens is 2. The molecule has 6 heteroatoms. The first kappa shape index (κ1) is 17.9. The van der Waals surface area contributed by atoms with Gasteiger partial charge in [0.1, 0.15) is 11.8 Å². The van der Waals surface area contributed by atoms with Crippen molar-refractivity contribution in [1.82, 2.24) is 9.97 Å². The van der Waals surface area contributed by atoms with Crippen molar-refractivity contribution in [1.29, 1.82) is 5.26 Å². The van der Waals surface area contributed by atoms with Crippen molar-refractivity contribution in [3.63, 3.8) is 0 Å². The number of ether oxygens (including phenoxy) is 1. The van der Waals surface area contributed by atoms with Crippen LogP contribution in [0.15, 0.2) is 61.1 Å². The highest BCUT2D eigenvalue weighted by Crippen LogP contribution is 2.30. The zero-order valence-electron chi connectivity index (χ0n) is 13.8. The third kappa shape index (κ3) is 4.37. The summed E-state index contributed by atoms with van der Waals surface area (Å²) in [4.78, 5) is 8.17. The highest BCUT2D eigenvalue weighted by molar-refractivity contribution is 6.30. The van der Waals surface area contributed by atoms with Gasteiger partial charge in [-0.3, -0.25) is 4.98 Å². The van der Waals surface area contributed by atoms with Gasteiger partial charge in [-0.2, -0.15) is 5.26 Å². The molecule has 26 heavy (non-hydrogen) atoms. The third-order valence-corrected chi connectivity index (χ3v) is 4.12. The largest absolute Gasteiger partial charge is 0.439 e. The summed E-state index contributed by atoms with van der Waals surface area (Å²) < 4.78 is 5.79. The molecule has 0 saturated carbocycles. The van der Waals surface area contributed by atoms with Gasteiger partial charge >= 0.3 is 0 Å². The minimum atomic E-state index is -0.780. The summed E-state index contributed by atoms with van der Waals surface area (Å²) in [5, 5.41) is 20.3. The van der Waals surface area contributed by atoms with Gasteiger partial charge in [-0.25, -0.2) is 4.98 Å². The van der Waals surface area contributed by atoms with Crippen LogP contribution in [-0.4, -0.2) is 15.1 Å². The lowest BCUT2D eigenvalue weighted by Gasteiger charge is -2.15. The fraction of sp³-hybridized carbons (Fsp3) is 0.150. The number of aliphatic hydroxyl groups is 1. The van der Waals surface area contributed by atoms with E-state index in [9.17, 15) is 5.11 Å². The topological polar surface area (TPSA) is 79.0 Å². The molecule has 0 amide bonds. The first-order valence-electron chi connectivity index (χ1n) is 8.07. The fourth-order valence-corrected chi connectivity index (χ4v) is 2.75. The van der Waals surface area contributed by atoms with E-state index in [2.05, 4.69) is 16.0 Å². The molecule has 130 valence electrons. The van der Waals surface area contributed by atoms with E-state index < -0.39 is 6.10 Å². The highest BCUT2D eigenvalue weighted by atomic mass is 35.5. The van der Waals surface area contributed by atoms with Crippen LogP contribution in [0.2, 0.25) is 5.02 Å². The molecule has 1 atom stereocenters. The van der Waals surface area contributed by atoms with E-state index in [0.717, 1.165) is 5.56 Å². The Morgan fingerprint density at radius 2 is 2.08 bits per heavy atom. The Morgan fingerprint density at radius 1 is 1.19 bits per heavy atom. The average Bonchev–Trinajstić information content (AvgIpc) is 2.67. The second kappa shape index (κ2) is 8.43. The van der Waals surface area contributed by atoms with Crippen LogP contribution in [0.25, 0.3) is 0 Å². The van der Waals surface area contributed by atoms with Crippen LogP contribution in [0.1, 0.15) is 29.2 Å². The molecule has 3 aromatic rings. The van der Waals surface area contributed by atoms with Crippen LogP contribution < -0.4 is 4.74 Å². The molecule has 0 saturated heterocycles. The van der Waals surface area contributed by atoms with Crippen LogP contribution in [-0.2, 0) is 6.42 Å². The Morgan fingerprint density at radius 3 is 2.88 bits per heavy atom. The number of aliphatic hydroxyl groups excluding tert-OH is 1. The van der Waals surface area contributed by atoms with Gasteiger partial charge < -0.3 is 9.84 Å². The molecular formula is C20H16ClN3O2. The van der Waals surface area contributed by atoms with Gasteiger partial charge in [0, 0.05) is 29.2 Å². The summed E-state index contributed by atoms with van der Waals surface area (Å²) in [6.07, 6.45) is 4.96. The molecule has 2 aromatic heterocycles. The number of pyridine rings is 2. The van der Waals surface area contributed by atoms with E-state index >= 15 is 0 Å². The standard InChI is InChI=1S/C20H16ClN3O2/c21-16-3-1-4-17(11-16)26-20-18(5-2-9-24-20)19(25)7-6-14-8-10-23-13-15(14)12-22/h1-5,8-11,13,19,25H,6-7H2. The van der Waals surface area contributed by atoms with Crippen molar-refractivity contribution in [2.75, 3.05) is 0 Å². The Balaban J connectivity index is 1.75. The van der Waals surface area contributed by atoms with Crippen molar-refractivity contribution in [2.24, 2.45) is 0 Å². The summed E-state index contributed by atoms with van der Waals surface area (Å²) in [5.74, 6) is 0.878. The molecule has 1 N–H and O–H groups in total. The smallest absolute Gasteiger partial charge is 0.225 e. The van der Waals surface area contributed by atoms with E-state index in [0.29, 0.717) is 40.6 Å². The number of aryl methyl sites for hydroxylation is 1. The normalized spacial score (nSPS) is 11.6. The number of nitrogens with zero attached hydrogens (tertiary/aromatic N) is 3. The predicted molar refractivity (Wildman–Crippen MR) is 98.0 cm³/mol. The van der Waals surface area contributed by atoms with E-state index in [-0.39, 0.29) is 0 Å². The zero-order chi connectivity index (χ0) is 18.4. The van der Waals surface area contributed by atoms with Crippen LogP contribution in [0, 0.1) is 11.3 Å². The summed E-state index contributed by atoms with van der Waals surface area (Å²) in [6, 6.07) is 14.4. The van der Waals surface area contributed by atoms with E-state index in [1.165, 1.54) is 6.20 Å². The number of nitriles is 1. The average molecular weight is 366 g/mol. The van der Waals surface area contributed by atoms with Gasteiger partial charge in [-0.1, -0.05) is 17.7 Å². The first-order chi connectivity index (χ1) is 12.7. The van der Waals surface area contributed by atoms with Crippen molar-refractivity contribution < 1.29 is 9.84 Å². The van der Waals surface area contributed by atoms with Crippen molar-refractivity contribution >= 4 is 11.6 Å². The maximum absolute atomic E-state index is 10.6. The molecule has 5 nitrogen and oxygen atoms in total. The first-order valence-corrected chi connectivity index (χ1v) is 8.44. The summed E-state index contributed by atoms with van der Waals surface area (Å²) in [7, 11) is 0. The zero-order valence-corrected chi connectivity index (χ0v) is 14.6. The van der Waals surface area contributed by atoms with E-state index in [1.54, 1.807) is 54.9 Å². The predicted octanol–water partition coefficient (Wildman–Crippen LogP) is 4.46. The number of halogens is 1. The maximum atomic E-state index is 10.6. The molecule has 0 fully saturated rings. The number of rotatable bonds is 6. The van der Waals surface area contributed by atoms with E-state index in [4.69, 9.17) is 21.6 Å². The van der Waals surface area contributed by atoms with Crippen LogP contribution in [0.5, 0.6) is 11.6 Å². The van der Waals surface area contributed by atoms with E-state index in [1.807, 2.05) is 0 Å². The second-order valence-electron chi connectivity index (χ2n) is 5.66. The third-order valence-electron chi connectivity index (χ3n) is 3.89. The molecule has 0 spiro atoms. The minimum Gasteiger partial charge on any atom is -0.439 e. The van der Waals surface area contributed by atoms with Crippen LogP contribution in [0.4, 0.5) is 0 Å². The van der Waals surface area contributed by atoms with Gasteiger partial charge in [0.15, 0.2) is 0 Å². The lowest BCUT2D eigenvalue weighted by molar-refractivity contribution is 0.164. The van der Waals surface area contributed by atoms with Gasteiger partial charge in [-0.05, 0) is 54.8 Å². The summed E-state index contributed by atoms with van der Waals surface area (Å²) in [6.45, 7) is 0. The highest BCUT2D eigenvalue weighted by Gasteiger charge is 2.16. The summed E-state index contributed by atoms with van der Waals surface area (Å²) in [5.41, 5.74) is 1.95. The number of benzene rings is 1. The van der Waals surface area contributed by atoms with Gasteiger partial charge in [-0.15, -0.1) is 0 Å². The Bertz CT molecular complexity index is 940. The van der Waals surface area contributed by atoms with Gasteiger partial charge in [0.2, 0.25) is 5.88 Å². The lowest BCUT2D eigenvalue weighted by atomic mass is 10.0. The Kier molecular flexibility index (Phi) is 5.80. The Labute approximate surface area is 156 Å². The SMILES string of the molecule is N#Cc1cnccc1CCC(O)c1cccnc1Oc1cccc(Cl)c1. The lowest BCUT2D eigenvalue weighted by Crippen LogP contribution is -2.04. The molecule has 0 bridgehead atoms. The van der Waals surface area contributed by atoms with Crippen molar-refractivity contribution in [3.05, 3.63) is 82.8 Å². The van der Waals surface area contributed by atoms with Crippen molar-refractivity contribution in [2.45, 2.75) is 18.9 Å².